The van der Waals surface area contributed by atoms with Gasteiger partial charge in [0.05, 0.1) is 24.4 Å². The molecule has 0 unspecified atom stereocenters. The molecule has 3 rings (SSSR count). The first kappa shape index (κ1) is 31.1. The number of ether oxygens (including phenoxy) is 1. The minimum atomic E-state index is -0.583. The minimum absolute atomic E-state index is 0.00704. The molecule has 3 atom stereocenters. The van der Waals surface area contributed by atoms with E-state index in [1.54, 1.807) is 50.5 Å². The summed E-state index contributed by atoms with van der Waals surface area (Å²) in [7, 11) is 5.50. The first-order valence-electron chi connectivity index (χ1n) is 13.9. The number of rotatable bonds is 10. The summed E-state index contributed by atoms with van der Waals surface area (Å²) in [6.07, 6.45) is 8.42. The molecule has 1 fully saturated rings. The van der Waals surface area contributed by atoms with Crippen LogP contribution in [0.1, 0.15) is 50.7 Å². The number of benzene rings is 1. The molecule has 1 aromatic heterocycles. The van der Waals surface area contributed by atoms with Gasteiger partial charge in [-0.25, -0.2) is 4.98 Å². The Morgan fingerprint density at radius 2 is 1.98 bits per heavy atom. The predicted octanol–water partition coefficient (Wildman–Crippen LogP) is 3.48. The number of carbonyl (C=O) groups is 2. The number of amides is 2. The summed E-state index contributed by atoms with van der Waals surface area (Å²) in [6.45, 7) is 4.71. The number of likely N-dealkylation sites (N-methyl/N-ethyl adjacent to an activating group) is 2. The molecular formula is C31H39N7O3. The fourth-order valence-corrected chi connectivity index (χ4v) is 4.32. The molecule has 2 amide bonds. The highest BCUT2D eigenvalue weighted by atomic mass is 16.5. The smallest absolute Gasteiger partial charge is 0.246 e. The van der Waals surface area contributed by atoms with Gasteiger partial charge >= 0.3 is 0 Å². The summed E-state index contributed by atoms with van der Waals surface area (Å²) in [4.78, 5) is 37.6. The SMILES string of the molecule is CCOc1nc(Nc2ccc(C#N)cc2)ncc1C#C[C@@H]1CCC[C@H](NC(=O)[C@H](C)N(C)C(=O)C=CCN(C)C)C1. The van der Waals surface area contributed by atoms with Crippen molar-refractivity contribution in [3.63, 3.8) is 0 Å². The van der Waals surface area contributed by atoms with Crippen LogP contribution in [-0.4, -0.2) is 78.0 Å². The topological polar surface area (TPSA) is 123 Å². The molecule has 0 saturated heterocycles. The molecule has 41 heavy (non-hydrogen) atoms. The summed E-state index contributed by atoms with van der Waals surface area (Å²) in [5.41, 5.74) is 1.92. The van der Waals surface area contributed by atoms with Crippen molar-refractivity contribution >= 4 is 23.5 Å². The Kier molecular flexibility index (Phi) is 11.7. The summed E-state index contributed by atoms with van der Waals surface area (Å²) in [6, 6.07) is 8.51. The van der Waals surface area contributed by atoms with E-state index in [0.29, 0.717) is 36.1 Å². The van der Waals surface area contributed by atoms with Crippen molar-refractivity contribution in [2.75, 3.05) is 39.6 Å². The molecule has 0 bridgehead atoms. The van der Waals surface area contributed by atoms with Gasteiger partial charge in [0.25, 0.3) is 0 Å². The molecule has 10 heteroatoms. The number of anilines is 2. The van der Waals surface area contributed by atoms with E-state index in [1.165, 1.54) is 11.0 Å². The molecule has 1 saturated carbocycles. The lowest BCUT2D eigenvalue weighted by atomic mass is 9.86. The lowest BCUT2D eigenvalue weighted by Gasteiger charge is -2.30. The number of nitrogens with one attached hydrogen (secondary N) is 2. The minimum Gasteiger partial charge on any atom is -0.477 e. The molecular weight excluding hydrogens is 518 g/mol. The van der Waals surface area contributed by atoms with Crippen LogP contribution in [0.2, 0.25) is 0 Å². The molecule has 1 aliphatic rings. The lowest BCUT2D eigenvalue weighted by Crippen LogP contribution is -2.49. The van der Waals surface area contributed by atoms with Crippen LogP contribution in [0.3, 0.4) is 0 Å². The van der Waals surface area contributed by atoms with Crippen LogP contribution >= 0.6 is 0 Å². The molecule has 1 aromatic carbocycles. The van der Waals surface area contributed by atoms with Crippen LogP contribution in [0.25, 0.3) is 0 Å². The highest BCUT2D eigenvalue weighted by Crippen LogP contribution is 2.25. The fourth-order valence-electron chi connectivity index (χ4n) is 4.32. The molecule has 0 radical (unpaired) electrons. The molecule has 216 valence electrons. The van der Waals surface area contributed by atoms with Gasteiger partial charge in [-0.05, 0) is 71.5 Å². The van der Waals surface area contributed by atoms with E-state index in [4.69, 9.17) is 10.00 Å². The number of nitrogens with zero attached hydrogens (tertiary/aromatic N) is 5. The second-order valence-electron chi connectivity index (χ2n) is 10.3. The second kappa shape index (κ2) is 15.4. The fraction of sp³-hybridized carbons (Fsp3) is 0.452. The van der Waals surface area contributed by atoms with Gasteiger partial charge in [-0.1, -0.05) is 24.3 Å². The Morgan fingerprint density at radius 3 is 2.66 bits per heavy atom. The monoisotopic (exact) mass is 557 g/mol. The third-order valence-electron chi connectivity index (χ3n) is 6.78. The van der Waals surface area contributed by atoms with Gasteiger partial charge in [0, 0.05) is 37.3 Å². The Hall–Kier alpha value is -4.41. The van der Waals surface area contributed by atoms with Gasteiger partial charge < -0.3 is 25.2 Å². The zero-order valence-corrected chi connectivity index (χ0v) is 24.5. The van der Waals surface area contributed by atoms with Gasteiger partial charge in [0.1, 0.15) is 11.6 Å². The third-order valence-corrected chi connectivity index (χ3v) is 6.78. The summed E-state index contributed by atoms with van der Waals surface area (Å²) in [5, 5.41) is 15.2. The maximum atomic E-state index is 12.9. The number of aromatic nitrogens is 2. The summed E-state index contributed by atoms with van der Waals surface area (Å²) >= 11 is 0. The van der Waals surface area contributed by atoms with E-state index in [9.17, 15) is 9.59 Å². The van der Waals surface area contributed by atoms with Crippen LogP contribution in [0, 0.1) is 29.1 Å². The van der Waals surface area contributed by atoms with Crippen LogP contribution in [0.15, 0.2) is 42.6 Å². The Labute approximate surface area is 242 Å². The predicted molar refractivity (Wildman–Crippen MR) is 158 cm³/mol. The molecule has 0 aliphatic heterocycles. The van der Waals surface area contributed by atoms with E-state index >= 15 is 0 Å². The second-order valence-corrected chi connectivity index (χ2v) is 10.3. The first-order valence-corrected chi connectivity index (χ1v) is 13.9. The molecule has 2 N–H and O–H groups in total. The van der Waals surface area contributed by atoms with Crippen molar-refractivity contribution < 1.29 is 14.3 Å². The molecule has 1 heterocycles. The van der Waals surface area contributed by atoms with Crippen LogP contribution in [-0.2, 0) is 9.59 Å². The van der Waals surface area contributed by atoms with Gasteiger partial charge in [-0.3, -0.25) is 9.59 Å². The molecule has 10 nitrogen and oxygen atoms in total. The Balaban J connectivity index is 1.61. The summed E-state index contributed by atoms with van der Waals surface area (Å²) in [5.74, 6) is 7.02. The van der Waals surface area contributed by atoms with Crippen molar-refractivity contribution in [2.45, 2.75) is 51.6 Å². The quantitative estimate of drug-likeness (QED) is 0.336. The Bertz CT molecular complexity index is 1320. The molecule has 0 spiro atoms. The van der Waals surface area contributed by atoms with Crippen molar-refractivity contribution in [3.05, 3.63) is 53.7 Å². The largest absolute Gasteiger partial charge is 0.477 e. The summed E-state index contributed by atoms with van der Waals surface area (Å²) < 4.78 is 5.74. The standard InChI is InChI=1S/C31H39N7O3/c1-6-41-30-25(21-33-31(36-30)35-26-16-13-24(20-32)14-17-26)15-12-23-9-7-10-27(19-23)34-29(40)22(2)38(5)28(39)11-8-18-37(3)4/h8,11,13-14,16-17,21-23,27H,6-7,9-10,18-19H2,1-5H3,(H,34,40)(H,33,35,36)/t22-,23-,27-/m0/s1. The van der Waals surface area contributed by atoms with Gasteiger partial charge in [0.2, 0.25) is 23.6 Å². The van der Waals surface area contributed by atoms with E-state index in [-0.39, 0.29) is 23.8 Å². The van der Waals surface area contributed by atoms with Crippen molar-refractivity contribution in [1.82, 2.24) is 25.1 Å². The highest BCUT2D eigenvalue weighted by Gasteiger charge is 2.26. The van der Waals surface area contributed by atoms with Crippen LogP contribution in [0.5, 0.6) is 5.88 Å². The zero-order chi connectivity index (χ0) is 29.8. The highest BCUT2D eigenvalue weighted by molar-refractivity contribution is 5.92. The average Bonchev–Trinajstić information content (AvgIpc) is 2.96. The zero-order valence-electron chi connectivity index (χ0n) is 24.5. The normalized spacial score (nSPS) is 17.2. The number of hydrogen-bond acceptors (Lipinski definition) is 8. The number of hydrogen-bond donors (Lipinski definition) is 2. The van der Waals surface area contributed by atoms with Crippen molar-refractivity contribution in [2.24, 2.45) is 5.92 Å². The van der Waals surface area contributed by atoms with Gasteiger partial charge in [0.15, 0.2) is 0 Å². The lowest BCUT2D eigenvalue weighted by molar-refractivity contribution is -0.135. The van der Waals surface area contributed by atoms with Crippen LogP contribution in [0.4, 0.5) is 11.6 Å². The van der Waals surface area contributed by atoms with Gasteiger partial charge in [-0.2, -0.15) is 10.2 Å². The van der Waals surface area contributed by atoms with Gasteiger partial charge in [-0.15, -0.1) is 0 Å². The van der Waals surface area contributed by atoms with Crippen molar-refractivity contribution in [3.8, 4) is 23.8 Å². The van der Waals surface area contributed by atoms with E-state index in [2.05, 4.69) is 38.5 Å². The van der Waals surface area contributed by atoms with Crippen LogP contribution < -0.4 is 15.4 Å². The number of carbonyl (C=O) groups excluding carboxylic acids is 2. The van der Waals surface area contributed by atoms with Crippen molar-refractivity contribution in [1.29, 1.82) is 5.26 Å². The first-order chi connectivity index (χ1) is 19.7. The average molecular weight is 558 g/mol. The molecule has 1 aliphatic carbocycles. The third kappa shape index (κ3) is 9.63. The maximum Gasteiger partial charge on any atom is 0.246 e. The molecule has 2 aromatic rings. The van der Waals surface area contributed by atoms with E-state index in [1.807, 2.05) is 25.9 Å². The Morgan fingerprint density at radius 1 is 1.22 bits per heavy atom. The maximum absolute atomic E-state index is 12.9. The van der Waals surface area contributed by atoms with E-state index < -0.39 is 6.04 Å². The number of nitriles is 1. The van der Waals surface area contributed by atoms with E-state index in [0.717, 1.165) is 31.4 Å².